The van der Waals surface area contributed by atoms with Crippen LogP contribution in [0.25, 0.3) is 0 Å². The molecule has 0 bridgehead atoms. The summed E-state index contributed by atoms with van der Waals surface area (Å²) in [4.78, 5) is 14.1. The molecule has 0 unspecified atom stereocenters. The van der Waals surface area contributed by atoms with Crippen LogP contribution in [0, 0.1) is 5.82 Å². The van der Waals surface area contributed by atoms with Crippen molar-refractivity contribution in [1.29, 1.82) is 0 Å². The summed E-state index contributed by atoms with van der Waals surface area (Å²) in [6.45, 7) is 3.96. The molecule has 1 N–H and O–H groups in total. The SMILES string of the molecule is O=C(CCNCCc1ccccc1F)N1CCC2(CC1)OCCO2. The zero-order valence-electron chi connectivity index (χ0n) is 13.9. The van der Waals surface area contributed by atoms with Crippen LogP contribution in [-0.2, 0) is 20.7 Å². The number of ether oxygens (including phenoxy) is 2. The van der Waals surface area contributed by atoms with Gasteiger partial charge in [-0.2, -0.15) is 0 Å². The van der Waals surface area contributed by atoms with E-state index in [1.807, 2.05) is 11.0 Å². The van der Waals surface area contributed by atoms with E-state index in [9.17, 15) is 9.18 Å². The number of nitrogens with zero attached hydrogens (tertiary/aromatic N) is 1. The van der Waals surface area contributed by atoms with Gasteiger partial charge in [0.1, 0.15) is 5.82 Å². The number of piperidine rings is 1. The largest absolute Gasteiger partial charge is 0.347 e. The van der Waals surface area contributed by atoms with Crippen molar-refractivity contribution in [1.82, 2.24) is 10.2 Å². The Morgan fingerprint density at radius 2 is 1.88 bits per heavy atom. The molecule has 1 aromatic carbocycles. The number of hydrogen-bond acceptors (Lipinski definition) is 4. The maximum Gasteiger partial charge on any atom is 0.223 e. The molecule has 5 nitrogen and oxygen atoms in total. The average Bonchev–Trinajstić information content (AvgIpc) is 3.05. The molecule has 0 aliphatic carbocycles. The summed E-state index contributed by atoms with van der Waals surface area (Å²) in [6.07, 6.45) is 2.59. The summed E-state index contributed by atoms with van der Waals surface area (Å²) < 4.78 is 24.8. The van der Waals surface area contributed by atoms with Crippen LogP contribution in [0.5, 0.6) is 0 Å². The predicted molar refractivity (Wildman–Crippen MR) is 88.0 cm³/mol. The fourth-order valence-corrected chi connectivity index (χ4v) is 3.29. The van der Waals surface area contributed by atoms with Crippen molar-refractivity contribution in [2.24, 2.45) is 0 Å². The summed E-state index contributed by atoms with van der Waals surface area (Å²) in [5.74, 6) is -0.454. The lowest BCUT2D eigenvalue weighted by atomic mass is 10.0. The number of rotatable bonds is 6. The minimum Gasteiger partial charge on any atom is -0.347 e. The van der Waals surface area contributed by atoms with Crippen LogP contribution >= 0.6 is 0 Å². The van der Waals surface area contributed by atoms with Gasteiger partial charge in [0.25, 0.3) is 0 Å². The maximum atomic E-state index is 13.5. The van der Waals surface area contributed by atoms with Gasteiger partial charge >= 0.3 is 0 Å². The number of likely N-dealkylation sites (tertiary alicyclic amines) is 1. The van der Waals surface area contributed by atoms with Crippen molar-refractivity contribution in [2.75, 3.05) is 39.4 Å². The normalized spacial score (nSPS) is 19.8. The second-order valence-electron chi connectivity index (χ2n) is 6.33. The average molecular weight is 336 g/mol. The molecule has 1 spiro atoms. The molecule has 0 radical (unpaired) electrons. The highest BCUT2D eigenvalue weighted by atomic mass is 19.1. The quantitative estimate of drug-likeness (QED) is 0.804. The Bertz CT molecular complexity index is 551. The minimum absolute atomic E-state index is 0.154. The molecule has 2 heterocycles. The molecule has 6 heteroatoms. The van der Waals surface area contributed by atoms with E-state index < -0.39 is 5.79 Å². The van der Waals surface area contributed by atoms with Gasteiger partial charge in [-0.1, -0.05) is 18.2 Å². The Morgan fingerprint density at radius 1 is 1.17 bits per heavy atom. The topological polar surface area (TPSA) is 50.8 Å². The van der Waals surface area contributed by atoms with Crippen molar-refractivity contribution in [3.63, 3.8) is 0 Å². The first kappa shape index (κ1) is 17.3. The van der Waals surface area contributed by atoms with Crippen molar-refractivity contribution in [3.05, 3.63) is 35.6 Å². The van der Waals surface area contributed by atoms with E-state index in [4.69, 9.17) is 9.47 Å². The minimum atomic E-state index is -0.436. The first-order valence-electron chi connectivity index (χ1n) is 8.68. The number of carbonyl (C=O) groups is 1. The third-order valence-electron chi connectivity index (χ3n) is 4.74. The van der Waals surface area contributed by atoms with Crippen molar-refractivity contribution < 1.29 is 18.7 Å². The number of halogens is 1. The van der Waals surface area contributed by atoms with Crippen LogP contribution < -0.4 is 5.32 Å². The highest BCUT2D eigenvalue weighted by molar-refractivity contribution is 5.76. The molecular formula is C18H25FN2O3. The number of hydrogen-bond donors (Lipinski definition) is 1. The molecule has 2 aliphatic rings. The van der Waals surface area contributed by atoms with E-state index in [0.717, 1.165) is 12.8 Å². The molecule has 1 aromatic rings. The third-order valence-corrected chi connectivity index (χ3v) is 4.74. The molecule has 2 saturated heterocycles. The summed E-state index contributed by atoms with van der Waals surface area (Å²) in [7, 11) is 0. The highest BCUT2D eigenvalue weighted by Crippen LogP contribution is 2.31. The Hall–Kier alpha value is -1.50. The van der Waals surface area contributed by atoms with E-state index in [-0.39, 0.29) is 11.7 Å². The molecular weight excluding hydrogens is 311 g/mol. The van der Waals surface area contributed by atoms with Crippen LogP contribution in [0.15, 0.2) is 24.3 Å². The number of carbonyl (C=O) groups excluding carboxylic acids is 1. The summed E-state index contributed by atoms with van der Waals surface area (Å²) in [5, 5.41) is 3.22. The van der Waals surface area contributed by atoms with Gasteiger partial charge in [0, 0.05) is 38.9 Å². The predicted octanol–water partition coefficient (Wildman–Crippen LogP) is 1.71. The molecule has 0 saturated carbocycles. The van der Waals surface area contributed by atoms with Gasteiger partial charge < -0.3 is 19.7 Å². The molecule has 132 valence electrons. The number of benzene rings is 1. The summed E-state index contributed by atoms with van der Waals surface area (Å²) in [5.41, 5.74) is 0.703. The number of amides is 1. The van der Waals surface area contributed by atoms with Gasteiger partial charge in [-0.25, -0.2) is 4.39 Å². The molecule has 2 fully saturated rings. The van der Waals surface area contributed by atoms with Gasteiger partial charge in [0.15, 0.2) is 5.79 Å². The summed E-state index contributed by atoms with van der Waals surface area (Å²) >= 11 is 0. The molecule has 0 aromatic heterocycles. The van der Waals surface area contributed by atoms with E-state index in [2.05, 4.69) is 5.32 Å². The summed E-state index contributed by atoms with van der Waals surface area (Å²) in [6, 6.07) is 6.79. The van der Waals surface area contributed by atoms with E-state index >= 15 is 0 Å². The molecule has 24 heavy (non-hydrogen) atoms. The Morgan fingerprint density at radius 3 is 2.58 bits per heavy atom. The molecule has 0 atom stereocenters. The fourth-order valence-electron chi connectivity index (χ4n) is 3.29. The standard InChI is InChI=1S/C18H25FN2O3/c19-16-4-2-1-3-15(16)5-9-20-10-6-17(22)21-11-7-18(8-12-21)23-13-14-24-18/h1-4,20H,5-14H2. The first-order valence-corrected chi connectivity index (χ1v) is 8.68. The van der Waals surface area contributed by atoms with Crippen LogP contribution in [0.3, 0.4) is 0 Å². The highest BCUT2D eigenvalue weighted by Gasteiger charge is 2.40. The second kappa shape index (κ2) is 8.05. The van der Waals surface area contributed by atoms with Gasteiger partial charge in [0.05, 0.1) is 13.2 Å². The monoisotopic (exact) mass is 336 g/mol. The van der Waals surface area contributed by atoms with Gasteiger partial charge in [-0.15, -0.1) is 0 Å². The van der Waals surface area contributed by atoms with E-state index in [1.54, 1.807) is 12.1 Å². The van der Waals surface area contributed by atoms with E-state index in [1.165, 1.54) is 6.07 Å². The lowest BCUT2D eigenvalue weighted by Gasteiger charge is -2.37. The van der Waals surface area contributed by atoms with Crippen molar-refractivity contribution in [2.45, 2.75) is 31.5 Å². The van der Waals surface area contributed by atoms with Crippen LogP contribution in [-0.4, -0.2) is 56.0 Å². The van der Waals surface area contributed by atoms with Crippen LogP contribution in [0.1, 0.15) is 24.8 Å². The van der Waals surface area contributed by atoms with Gasteiger partial charge in [0.2, 0.25) is 5.91 Å². The molecule has 2 aliphatic heterocycles. The van der Waals surface area contributed by atoms with Gasteiger partial charge in [-0.3, -0.25) is 4.79 Å². The van der Waals surface area contributed by atoms with Crippen molar-refractivity contribution >= 4 is 5.91 Å². The van der Waals surface area contributed by atoms with Crippen LogP contribution in [0.2, 0.25) is 0 Å². The molecule has 3 rings (SSSR count). The number of nitrogens with one attached hydrogen (secondary N) is 1. The van der Waals surface area contributed by atoms with Gasteiger partial charge in [-0.05, 0) is 24.6 Å². The van der Waals surface area contributed by atoms with Crippen LogP contribution in [0.4, 0.5) is 4.39 Å². The molecule has 1 amide bonds. The Kier molecular flexibility index (Phi) is 5.81. The Balaban J connectivity index is 1.31. The van der Waals surface area contributed by atoms with Crippen molar-refractivity contribution in [3.8, 4) is 0 Å². The smallest absolute Gasteiger partial charge is 0.223 e. The second-order valence-corrected chi connectivity index (χ2v) is 6.33. The lowest BCUT2D eigenvalue weighted by Crippen LogP contribution is -2.47. The first-order chi connectivity index (χ1) is 11.7. The zero-order chi connectivity index (χ0) is 16.8. The maximum absolute atomic E-state index is 13.5. The lowest BCUT2D eigenvalue weighted by molar-refractivity contribution is -0.187. The zero-order valence-corrected chi connectivity index (χ0v) is 13.9. The third kappa shape index (κ3) is 4.32. The Labute approximate surface area is 142 Å². The fraction of sp³-hybridized carbons (Fsp3) is 0.611. The van der Waals surface area contributed by atoms with E-state index in [0.29, 0.717) is 57.8 Å².